The number of nitrogens with one attached hydrogen (secondary N) is 1. The summed E-state index contributed by atoms with van der Waals surface area (Å²) in [4.78, 5) is 12.3. The molecule has 6 nitrogen and oxygen atoms in total. The zero-order valence-electron chi connectivity index (χ0n) is 17.9. The lowest BCUT2D eigenvalue weighted by molar-refractivity contribution is -0.143. The number of carbonyl (C=O) groups excluding carboxylic acids is 1. The lowest BCUT2D eigenvalue weighted by Crippen LogP contribution is -2.31. The predicted octanol–water partition coefficient (Wildman–Crippen LogP) is 4.52. The lowest BCUT2D eigenvalue weighted by Gasteiger charge is -2.20. The molecule has 31 heavy (non-hydrogen) atoms. The van der Waals surface area contributed by atoms with Crippen LogP contribution in [0.3, 0.4) is 0 Å². The summed E-state index contributed by atoms with van der Waals surface area (Å²) in [7, 11) is -3.95. The summed E-state index contributed by atoms with van der Waals surface area (Å²) in [5.41, 5.74) is 1.73. The number of hydrogen-bond acceptors (Lipinski definition) is 5. The van der Waals surface area contributed by atoms with Gasteiger partial charge < -0.3 is 9.47 Å². The maximum Gasteiger partial charge on any atom is 0.307 e. The third-order valence-corrected chi connectivity index (χ3v) is 6.42. The molecule has 0 aliphatic carbocycles. The molecule has 164 valence electrons. The molecule has 0 heterocycles. The molecular formula is C24H27NO5S. The first-order valence-electron chi connectivity index (χ1n) is 10.2. The van der Waals surface area contributed by atoms with Gasteiger partial charge in [-0.2, -0.15) is 0 Å². The van der Waals surface area contributed by atoms with Gasteiger partial charge in [-0.05, 0) is 38.5 Å². The van der Waals surface area contributed by atoms with Crippen LogP contribution in [-0.4, -0.2) is 27.6 Å². The number of sulfonamides is 1. The second-order valence-electron chi connectivity index (χ2n) is 7.13. The molecule has 0 aliphatic heterocycles. The van der Waals surface area contributed by atoms with Gasteiger partial charge in [0.25, 0.3) is 0 Å². The van der Waals surface area contributed by atoms with Crippen LogP contribution in [0.4, 0.5) is 0 Å². The molecular weight excluding hydrogens is 414 g/mol. The zero-order valence-corrected chi connectivity index (χ0v) is 18.7. The fourth-order valence-electron chi connectivity index (χ4n) is 3.42. The molecule has 3 aromatic rings. The number of aryl methyl sites for hydroxylation is 1. The van der Waals surface area contributed by atoms with Crippen LogP contribution in [0.5, 0.6) is 5.75 Å². The Morgan fingerprint density at radius 3 is 2.26 bits per heavy atom. The molecule has 1 N–H and O–H groups in total. The lowest BCUT2D eigenvalue weighted by atomic mass is 10.0. The summed E-state index contributed by atoms with van der Waals surface area (Å²) in [6.45, 7) is 6.25. The molecule has 7 heteroatoms. The van der Waals surface area contributed by atoms with Crippen LogP contribution in [0, 0.1) is 6.92 Å². The van der Waals surface area contributed by atoms with Gasteiger partial charge in [0, 0.05) is 10.8 Å². The van der Waals surface area contributed by atoms with Gasteiger partial charge in [-0.3, -0.25) is 4.79 Å². The van der Waals surface area contributed by atoms with Crippen LogP contribution >= 0.6 is 0 Å². The van der Waals surface area contributed by atoms with E-state index in [0.717, 1.165) is 5.56 Å². The second kappa shape index (κ2) is 9.94. The van der Waals surface area contributed by atoms with E-state index in [-0.39, 0.29) is 17.9 Å². The summed E-state index contributed by atoms with van der Waals surface area (Å²) in [5.74, 6) is 0.158. The SMILES string of the molecule is CCOC(=O)C[C@@H](NS(=O)(=O)c1ccc(OCC)c2ccccc12)c1ccc(C)cc1. The van der Waals surface area contributed by atoms with Crippen molar-refractivity contribution in [3.05, 3.63) is 71.8 Å². The summed E-state index contributed by atoms with van der Waals surface area (Å²) in [6, 6.07) is 17.0. The average molecular weight is 442 g/mol. The van der Waals surface area contributed by atoms with E-state index >= 15 is 0 Å². The minimum Gasteiger partial charge on any atom is -0.493 e. The molecule has 0 radical (unpaired) electrons. The summed E-state index contributed by atoms with van der Waals surface area (Å²) < 4.78 is 40.2. The largest absolute Gasteiger partial charge is 0.493 e. The number of ether oxygens (including phenoxy) is 2. The van der Waals surface area contributed by atoms with Crippen molar-refractivity contribution in [2.45, 2.75) is 38.1 Å². The molecule has 0 aromatic heterocycles. The minimum absolute atomic E-state index is 0.106. The first-order chi connectivity index (χ1) is 14.9. The van der Waals surface area contributed by atoms with Crippen molar-refractivity contribution in [3.8, 4) is 5.75 Å². The molecule has 0 saturated heterocycles. The molecule has 0 bridgehead atoms. The van der Waals surface area contributed by atoms with Crippen LogP contribution < -0.4 is 9.46 Å². The standard InChI is InChI=1S/C24H27NO5S/c1-4-29-22-14-15-23(20-9-7-6-8-19(20)22)31(27,28)25-21(16-24(26)30-5-2)18-12-10-17(3)11-13-18/h6-15,21,25H,4-5,16H2,1-3H3/t21-/m1/s1. The third kappa shape index (κ3) is 5.42. The van der Waals surface area contributed by atoms with E-state index in [1.165, 1.54) is 6.07 Å². The number of hydrogen-bond donors (Lipinski definition) is 1. The first-order valence-corrected chi connectivity index (χ1v) is 11.7. The Bertz CT molecular complexity index is 1160. The Morgan fingerprint density at radius 1 is 0.935 bits per heavy atom. The van der Waals surface area contributed by atoms with Crippen LogP contribution in [0.15, 0.2) is 65.6 Å². The Hall–Kier alpha value is -2.90. The van der Waals surface area contributed by atoms with Gasteiger partial charge in [0.05, 0.1) is 30.6 Å². The number of carbonyl (C=O) groups is 1. The number of fused-ring (bicyclic) bond motifs is 1. The first kappa shape index (κ1) is 22.8. The Kier molecular flexibility index (Phi) is 7.30. The van der Waals surface area contributed by atoms with E-state index < -0.39 is 22.0 Å². The second-order valence-corrected chi connectivity index (χ2v) is 8.82. The fourth-order valence-corrected chi connectivity index (χ4v) is 4.86. The highest BCUT2D eigenvalue weighted by atomic mass is 32.2. The summed E-state index contributed by atoms with van der Waals surface area (Å²) >= 11 is 0. The molecule has 0 amide bonds. The Labute approximate surface area is 183 Å². The van der Waals surface area contributed by atoms with Crippen molar-refractivity contribution in [1.29, 1.82) is 0 Å². The van der Waals surface area contributed by atoms with Gasteiger partial charge in [-0.25, -0.2) is 13.1 Å². The van der Waals surface area contributed by atoms with Crippen molar-refractivity contribution >= 4 is 26.8 Å². The van der Waals surface area contributed by atoms with Crippen LogP contribution in [0.25, 0.3) is 10.8 Å². The normalized spacial score (nSPS) is 12.5. The molecule has 0 aliphatic rings. The van der Waals surface area contributed by atoms with Crippen LogP contribution in [0.1, 0.15) is 37.4 Å². The third-order valence-electron chi connectivity index (χ3n) is 4.89. The molecule has 3 rings (SSSR count). The van der Waals surface area contributed by atoms with E-state index in [9.17, 15) is 13.2 Å². The highest BCUT2D eigenvalue weighted by Gasteiger charge is 2.26. The van der Waals surface area contributed by atoms with Crippen LogP contribution in [0.2, 0.25) is 0 Å². The van der Waals surface area contributed by atoms with Gasteiger partial charge in [-0.15, -0.1) is 0 Å². The van der Waals surface area contributed by atoms with Gasteiger partial charge >= 0.3 is 5.97 Å². The number of esters is 1. The highest BCUT2D eigenvalue weighted by Crippen LogP contribution is 2.32. The van der Waals surface area contributed by atoms with E-state index in [0.29, 0.717) is 28.7 Å². The van der Waals surface area contributed by atoms with Gasteiger partial charge in [-0.1, -0.05) is 54.1 Å². The van der Waals surface area contributed by atoms with Crippen molar-refractivity contribution < 1.29 is 22.7 Å². The highest BCUT2D eigenvalue weighted by molar-refractivity contribution is 7.89. The predicted molar refractivity (Wildman–Crippen MR) is 121 cm³/mol. The zero-order chi connectivity index (χ0) is 22.4. The van der Waals surface area contributed by atoms with Gasteiger partial charge in [0.2, 0.25) is 10.0 Å². The van der Waals surface area contributed by atoms with Crippen LogP contribution in [-0.2, 0) is 19.6 Å². The van der Waals surface area contributed by atoms with E-state index in [1.54, 1.807) is 25.1 Å². The van der Waals surface area contributed by atoms with E-state index in [4.69, 9.17) is 9.47 Å². The van der Waals surface area contributed by atoms with E-state index in [2.05, 4.69) is 4.72 Å². The fraction of sp³-hybridized carbons (Fsp3) is 0.292. The average Bonchev–Trinajstić information content (AvgIpc) is 2.74. The smallest absolute Gasteiger partial charge is 0.307 e. The molecule has 0 unspecified atom stereocenters. The monoisotopic (exact) mass is 441 g/mol. The van der Waals surface area contributed by atoms with Crippen molar-refractivity contribution in [3.63, 3.8) is 0 Å². The summed E-state index contributed by atoms with van der Waals surface area (Å²) in [5, 5.41) is 1.27. The van der Waals surface area contributed by atoms with Gasteiger partial charge in [0.15, 0.2) is 0 Å². The van der Waals surface area contributed by atoms with Crippen molar-refractivity contribution in [1.82, 2.24) is 4.72 Å². The number of rotatable bonds is 9. The van der Waals surface area contributed by atoms with Gasteiger partial charge in [0.1, 0.15) is 5.75 Å². The summed E-state index contributed by atoms with van der Waals surface area (Å²) in [6.07, 6.45) is -0.106. The maximum absolute atomic E-state index is 13.4. The number of benzene rings is 3. The van der Waals surface area contributed by atoms with Crippen molar-refractivity contribution in [2.24, 2.45) is 0 Å². The maximum atomic E-state index is 13.4. The topological polar surface area (TPSA) is 81.7 Å². The Morgan fingerprint density at radius 2 is 1.61 bits per heavy atom. The molecule has 0 saturated carbocycles. The Balaban J connectivity index is 2.01. The molecule has 1 atom stereocenters. The minimum atomic E-state index is -3.95. The molecule has 0 spiro atoms. The molecule has 3 aromatic carbocycles. The molecule has 0 fully saturated rings. The van der Waals surface area contributed by atoms with E-state index in [1.807, 2.05) is 50.2 Å². The quantitative estimate of drug-likeness (QED) is 0.494. The van der Waals surface area contributed by atoms with Crippen molar-refractivity contribution in [2.75, 3.05) is 13.2 Å².